The van der Waals surface area contributed by atoms with Crippen molar-refractivity contribution in [2.45, 2.75) is 39.9 Å². The summed E-state index contributed by atoms with van der Waals surface area (Å²) in [5, 5.41) is 8.54. The van der Waals surface area contributed by atoms with E-state index in [0.717, 1.165) is 28.3 Å². The fourth-order valence-corrected chi connectivity index (χ4v) is 3.52. The number of ether oxygens (including phenoxy) is 2. The molecule has 0 saturated carbocycles. The molecule has 1 heterocycles. The Hall–Kier alpha value is -3.87. The first-order chi connectivity index (χ1) is 15.3. The van der Waals surface area contributed by atoms with Gasteiger partial charge in [-0.05, 0) is 87.4 Å². The molecule has 1 aromatic heterocycles. The smallest absolute Gasteiger partial charge is 0.249 e. The summed E-state index contributed by atoms with van der Waals surface area (Å²) >= 11 is 0. The van der Waals surface area contributed by atoms with Crippen LogP contribution in [-0.4, -0.2) is 33.1 Å². The maximum Gasteiger partial charge on any atom is 0.249 e. The molecule has 0 aliphatic heterocycles. The highest BCUT2D eigenvalue weighted by Gasteiger charge is 2.16. The Morgan fingerprint density at radius 3 is 1.97 bits per heavy atom. The van der Waals surface area contributed by atoms with Crippen LogP contribution in [0.5, 0.6) is 11.5 Å². The van der Waals surface area contributed by atoms with Gasteiger partial charge in [-0.2, -0.15) is 0 Å². The van der Waals surface area contributed by atoms with Gasteiger partial charge in [0, 0.05) is 5.56 Å². The predicted octanol–water partition coefficient (Wildman–Crippen LogP) is 4.76. The van der Waals surface area contributed by atoms with Crippen LogP contribution in [0, 0.1) is 0 Å². The number of rotatable bonds is 7. The summed E-state index contributed by atoms with van der Waals surface area (Å²) in [6.45, 7) is 7.92. The van der Waals surface area contributed by atoms with Crippen molar-refractivity contribution in [2.24, 2.45) is 5.73 Å². The first-order valence-corrected chi connectivity index (χ1v) is 10.6. The number of hydrogen-bond acceptors (Lipinski definition) is 5. The summed E-state index contributed by atoms with van der Waals surface area (Å²) in [5.74, 6) is 1.03. The SMILES string of the molecule is CC(C)Oc1ccc(-c2cc3c(cc2C(N)=O)nnn3-c2ccc(OC(C)C)cc2)cc1. The molecule has 0 aliphatic carbocycles. The molecule has 0 fully saturated rings. The Kier molecular flexibility index (Phi) is 5.81. The van der Waals surface area contributed by atoms with Crippen LogP contribution >= 0.6 is 0 Å². The van der Waals surface area contributed by atoms with Gasteiger partial charge in [-0.25, -0.2) is 4.68 Å². The van der Waals surface area contributed by atoms with E-state index in [0.29, 0.717) is 16.6 Å². The largest absolute Gasteiger partial charge is 0.491 e. The topological polar surface area (TPSA) is 92.3 Å². The van der Waals surface area contributed by atoms with E-state index in [4.69, 9.17) is 15.2 Å². The maximum atomic E-state index is 12.2. The number of carbonyl (C=O) groups excluding carboxylic acids is 1. The fraction of sp³-hybridized carbons (Fsp3) is 0.240. The molecule has 4 rings (SSSR count). The Bertz CT molecular complexity index is 1240. The van der Waals surface area contributed by atoms with Gasteiger partial charge in [0.15, 0.2) is 0 Å². The molecule has 4 aromatic rings. The molecule has 7 nitrogen and oxygen atoms in total. The number of amides is 1. The summed E-state index contributed by atoms with van der Waals surface area (Å²) in [5.41, 5.74) is 9.83. The van der Waals surface area contributed by atoms with E-state index in [1.54, 1.807) is 10.7 Å². The van der Waals surface area contributed by atoms with Crippen molar-refractivity contribution in [3.05, 3.63) is 66.2 Å². The molecule has 0 atom stereocenters. The lowest BCUT2D eigenvalue weighted by Crippen LogP contribution is -2.12. The van der Waals surface area contributed by atoms with Crippen LogP contribution in [0.25, 0.3) is 27.8 Å². The molecule has 0 spiro atoms. The van der Waals surface area contributed by atoms with E-state index in [9.17, 15) is 4.79 Å². The number of nitrogens with zero attached hydrogens (tertiary/aromatic N) is 3. The minimum Gasteiger partial charge on any atom is -0.491 e. The van der Waals surface area contributed by atoms with Crippen molar-refractivity contribution >= 4 is 16.9 Å². The van der Waals surface area contributed by atoms with Crippen molar-refractivity contribution in [3.63, 3.8) is 0 Å². The van der Waals surface area contributed by atoms with Gasteiger partial charge < -0.3 is 15.2 Å². The predicted molar refractivity (Wildman–Crippen MR) is 124 cm³/mol. The monoisotopic (exact) mass is 430 g/mol. The lowest BCUT2D eigenvalue weighted by Gasteiger charge is -2.12. The molecular formula is C25H26N4O3. The quantitative estimate of drug-likeness (QED) is 0.456. The first kappa shape index (κ1) is 21.4. The molecule has 164 valence electrons. The van der Waals surface area contributed by atoms with Gasteiger partial charge >= 0.3 is 0 Å². The van der Waals surface area contributed by atoms with Crippen LogP contribution in [0.4, 0.5) is 0 Å². The van der Waals surface area contributed by atoms with Crippen LogP contribution in [0.1, 0.15) is 38.1 Å². The van der Waals surface area contributed by atoms with Crippen molar-refractivity contribution in [1.29, 1.82) is 0 Å². The lowest BCUT2D eigenvalue weighted by atomic mass is 9.98. The van der Waals surface area contributed by atoms with Crippen LogP contribution in [0.2, 0.25) is 0 Å². The zero-order valence-electron chi connectivity index (χ0n) is 18.6. The first-order valence-electron chi connectivity index (χ1n) is 10.6. The highest BCUT2D eigenvalue weighted by molar-refractivity contribution is 6.03. The number of fused-ring (bicyclic) bond motifs is 1. The Balaban J connectivity index is 1.78. The summed E-state index contributed by atoms with van der Waals surface area (Å²) < 4.78 is 13.2. The van der Waals surface area contributed by atoms with E-state index >= 15 is 0 Å². The third-order valence-electron chi connectivity index (χ3n) is 4.84. The van der Waals surface area contributed by atoms with Gasteiger partial charge in [-0.15, -0.1) is 5.10 Å². The van der Waals surface area contributed by atoms with Crippen LogP contribution in [0.3, 0.4) is 0 Å². The van der Waals surface area contributed by atoms with Crippen molar-refractivity contribution in [1.82, 2.24) is 15.0 Å². The number of benzene rings is 3. The Morgan fingerprint density at radius 1 is 0.875 bits per heavy atom. The van der Waals surface area contributed by atoms with Crippen LogP contribution < -0.4 is 15.2 Å². The fourth-order valence-electron chi connectivity index (χ4n) is 3.52. The molecule has 0 radical (unpaired) electrons. The summed E-state index contributed by atoms with van der Waals surface area (Å²) in [7, 11) is 0. The van der Waals surface area contributed by atoms with Gasteiger partial charge in [-0.3, -0.25) is 4.79 Å². The third kappa shape index (κ3) is 4.42. The van der Waals surface area contributed by atoms with Gasteiger partial charge in [0.25, 0.3) is 0 Å². The van der Waals surface area contributed by atoms with Crippen LogP contribution in [-0.2, 0) is 0 Å². The second-order valence-electron chi connectivity index (χ2n) is 8.10. The van der Waals surface area contributed by atoms with Gasteiger partial charge in [-0.1, -0.05) is 17.3 Å². The second kappa shape index (κ2) is 8.70. The number of nitrogens with two attached hydrogens (primary N) is 1. The molecule has 0 saturated heterocycles. The van der Waals surface area contributed by atoms with Crippen LogP contribution in [0.15, 0.2) is 60.7 Å². The molecular weight excluding hydrogens is 404 g/mol. The number of carbonyl (C=O) groups is 1. The van der Waals surface area contributed by atoms with Crippen molar-refractivity contribution in [3.8, 4) is 28.3 Å². The van der Waals surface area contributed by atoms with E-state index in [1.807, 2.05) is 82.3 Å². The molecule has 2 N–H and O–H groups in total. The zero-order valence-corrected chi connectivity index (χ0v) is 18.6. The molecule has 1 amide bonds. The summed E-state index contributed by atoms with van der Waals surface area (Å²) in [4.78, 5) is 12.2. The molecule has 7 heteroatoms. The number of aromatic nitrogens is 3. The summed E-state index contributed by atoms with van der Waals surface area (Å²) in [6, 6.07) is 18.8. The van der Waals surface area contributed by atoms with E-state index < -0.39 is 5.91 Å². The minimum atomic E-state index is -0.519. The highest BCUT2D eigenvalue weighted by atomic mass is 16.5. The summed E-state index contributed by atoms with van der Waals surface area (Å²) in [6.07, 6.45) is 0.177. The minimum absolute atomic E-state index is 0.0798. The number of hydrogen-bond donors (Lipinski definition) is 1. The second-order valence-corrected chi connectivity index (χ2v) is 8.10. The average Bonchev–Trinajstić information content (AvgIpc) is 3.16. The zero-order chi connectivity index (χ0) is 22.8. The molecule has 0 aliphatic rings. The standard InChI is InChI=1S/C25H26N4O3/c1-15(2)31-19-9-5-17(6-10-19)21-14-24-23(13-22(21)25(26)30)27-28-29(24)18-7-11-20(12-8-18)32-16(3)4/h5-16H,1-4H3,(H2,26,30). The Labute approximate surface area is 186 Å². The van der Waals surface area contributed by atoms with Crippen molar-refractivity contribution in [2.75, 3.05) is 0 Å². The van der Waals surface area contributed by atoms with E-state index in [-0.39, 0.29) is 12.2 Å². The maximum absolute atomic E-state index is 12.2. The Morgan fingerprint density at radius 2 is 1.44 bits per heavy atom. The lowest BCUT2D eigenvalue weighted by molar-refractivity contribution is 0.100. The van der Waals surface area contributed by atoms with Gasteiger partial charge in [0.05, 0.1) is 23.4 Å². The average molecular weight is 431 g/mol. The van der Waals surface area contributed by atoms with Gasteiger partial charge in [0.2, 0.25) is 5.91 Å². The highest BCUT2D eigenvalue weighted by Crippen LogP contribution is 2.30. The molecule has 0 unspecified atom stereocenters. The molecule has 0 bridgehead atoms. The van der Waals surface area contributed by atoms with E-state index in [1.165, 1.54) is 0 Å². The molecule has 32 heavy (non-hydrogen) atoms. The third-order valence-corrected chi connectivity index (χ3v) is 4.84. The number of primary amides is 1. The van der Waals surface area contributed by atoms with E-state index in [2.05, 4.69) is 10.3 Å². The van der Waals surface area contributed by atoms with Crippen molar-refractivity contribution < 1.29 is 14.3 Å². The van der Waals surface area contributed by atoms with Gasteiger partial charge in [0.1, 0.15) is 17.0 Å². The molecule has 3 aromatic carbocycles. The normalized spacial score (nSPS) is 11.3.